The predicted molar refractivity (Wildman–Crippen MR) is 62.9 cm³/mol. The van der Waals surface area contributed by atoms with Gasteiger partial charge in [-0.15, -0.1) is 0 Å². The van der Waals surface area contributed by atoms with Gasteiger partial charge in [0.2, 0.25) is 5.95 Å². The number of hydrazine groups is 1. The Morgan fingerprint density at radius 1 is 1.35 bits per heavy atom. The van der Waals surface area contributed by atoms with Crippen molar-refractivity contribution in [2.45, 2.75) is 0 Å². The van der Waals surface area contributed by atoms with Gasteiger partial charge in [-0.1, -0.05) is 0 Å². The van der Waals surface area contributed by atoms with E-state index in [-0.39, 0.29) is 11.7 Å². The van der Waals surface area contributed by atoms with Crippen LogP contribution in [0.15, 0.2) is 24.4 Å². The van der Waals surface area contributed by atoms with Crippen LogP contribution in [0.1, 0.15) is 0 Å². The number of rotatable bonds is 4. The number of nitrogen functional groups attached to an aromatic ring is 1. The fourth-order valence-electron chi connectivity index (χ4n) is 1.28. The highest BCUT2D eigenvalue weighted by atomic mass is 19.2. The molecule has 0 fully saturated rings. The number of nitrogens with one attached hydrogen (secondary N) is 1. The van der Waals surface area contributed by atoms with Gasteiger partial charge in [0.25, 0.3) is 0 Å². The summed E-state index contributed by atoms with van der Waals surface area (Å²) >= 11 is 0. The van der Waals surface area contributed by atoms with E-state index in [9.17, 15) is 18.9 Å². The van der Waals surface area contributed by atoms with E-state index in [0.717, 1.165) is 24.4 Å². The van der Waals surface area contributed by atoms with E-state index in [1.807, 2.05) is 0 Å². The Balaban J connectivity index is 2.40. The standard InChI is InChI=1S/C10H7F2N5O3/c11-6-2-1-5(3-7(6)12)20-9-8(17(18)19)4-14-10(15-9)16-13/h1-4H,13H2,(H,14,15,16). The third-order valence-corrected chi connectivity index (χ3v) is 2.17. The zero-order valence-corrected chi connectivity index (χ0v) is 9.71. The lowest BCUT2D eigenvalue weighted by Crippen LogP contribution is -2.11. The van der Waals surface area contributed by atoms with Crippen LogP contribution in [0.25, 0.3) is 0 Å². The molecular formula is C10H7F2N5O3. The highest BCUT2D eigenvalue weighted by molar-refractivity contribution is 5.45. The van der Waals surface area contributed by atoms with Gasteiger partial charge >= 0.3 is 11.6 Å². The predicted octanol–water partition coefficient (Wildman–Crippen LogP) is 1.74. The maximum absolute atomic E-state index is 13.0. The second kappa shape index (κ2) is 5.40. The molecule has 10 heteroatoms. The van der Waals surface area contributed by atoms with Crippen molar-refractivity contribution in [1.82, 2.24) is 9.97 Å². The number of nitrogens with zero attached hydrogens (tertiary/aromatic N) is 3. The van der Waals surface area contributed by atoms with E-state index in [2.05, 4.69) is 15.4 Å². The first-order chi connectivity index (χ1) is 9.51. The van der Waals surface area contributed by atoms with Crippen LogP contribution >= 0.6 is 0 Å². The second-order valence-electron chi connectivity index (χ2n) is 3.46. The minimum Gasteiger partial charge on any atom is -0.433 e. The van der Waals surface area contributed by atoms with Crippen molar-refractivity contribution in [2.75, 3.05) is 5.43 Å². The van der Waals surface area contributed by atoms with Crippen molar-refractivity contribution >= 4 is 11.6 Å². The second-order valence-corrected chi connectivity index (χ2v) is 3.46. The van der Waals surface area contributed by atoms with E-state index >= 15 is 0 Å². The molecule has 3 N–H and O–H groups in total. The Labute approximate surface area is 110 Å². The van der Waals surface area contributed by atoms with E-state index < -0.39 is 28.1 Å². The molecule has 0 aliphatic rings. The molecule has 0 atom stereocenters. The number of benzene rings is 1. The molecule has 0 aliphatic heterocycles. The summed E-state index contributed by atoms with van der Waals surface area (Å²) in [5.41, 5.74) is 1.53. The van der Waals surface area contributed by atoms with Crippen molar-refractivity contribution in [3.05, 3.63) is 46.1 Å². The third-order valence-electron chi connectivity index (χ3n) is 2.17. The lowest BCUT2D eigenvalue weighted by molar-refractivity contribution is -0.386. The van der Waals surface area contributed by atoms with Gasteiger partial charge in [-0.2, -0.15) is 4.98 Å². The Bertz CT molecular complexity index is 667. The Morgan fingerprint density at radius 3 is 2.70 bits per heavy atom. The maximum atomic E-state index is 13.0. The van der Waals surface area contributed by atoms with Crippen LogP contribution in [0, 0.1) is 21.7 Å². The van der Waals surface area contributed by atoms with Crippen LogP contribution in [0.5, 0.6) is 11.6 Å². The summed E-state index contributed by atoms with van der Waals surface area (Å²) in [6, 6.07) is 2.65. The van der Waals surface area contributed by atoms with Crippen molar-refractivity contribution < 1.29 is 18.4 Å². The fourth-order valence-corrected chi connectivity index (χ4v) is 1.28. The molecule has 1 heterocycles. The summed E-state index contributed by atoms with van der Waals surface area (Å²) in [5, 5.41) is 10.8. The summed E-state index contributed by atoms with van der Waals surface area (Å²) < 4.78 is 30.9. The number of hydrogen-bond acceptors (Lipinski definition) is 7. The number of hydrogen-bond donors (Lipinski definition) is 2. The Kier molecular flexibility index (Phi) is 3.66. The summed E-state index contributed by atoms with van der Waals surface area (Å²) in [6.07, 6.45) is 0.872. The molecule has 20 heavy (non-hydrogen) atoms. The van der Waals surface area contributed by atoms with Gasteiger partial charge in [0.1, 0.15) is 11.9 Å². The average molecular weight is 283 g/mol. The molecule has 0 radical (unpaired) electrons. The molecule has 104 valence electrons. The highest BCUT2D eigenvalue weighted by Crippen LogP contribution is 2.29. The van der Waals surface area contributed by atoms with Gasteiger partial charge in [-0.25, -0.2) is 19.6 Å². The maximum Gasteiger partial charge on any atom is 0.349 e. The quantitative estimate of drug-likeness (QED) is 0.498. The molecule has 1 aromatic carbocycles. The first-order valence-electron chi connectivity index (χ1n) is 5.12. The lowest BCUT2D eigenvalue weighted by atomic mass is 10.3. The van der Waals surface area contributed by atoms with Crippen molar-refractivity contribution in [2.24, 2.45) is 5.84 Å². The minimum atomic E-state index is -1.16. The molecule has 2 rings (SSSR count). The molecule has 0 saturated carbocycles. The molecule has 0 spiro atoms. The van der Waals surface area contributed by atoms with E-state index in [1.54, 1.807) is 0 Å². The molecule has 0 amide bonds. The average Bonchev–Trinajstić information content (AvgIpc) is 2.42. The fraction of sp³-hybridized carbons (Fsp3) is 0. The van der Waals surface area contributed by atoms with E-state index in [1.165, 1.54) is 0 Å². The van der Waals surface area contributed by atoms with Crippen LogP contribution in [-0.2, 0) is 0 Å². The first kappa shape index (κ1) is 13.5. The summed E-state index contributed by atoms with van der Waals surface area (Å²) in [4.78, 5) is 17.2. The summed E-state index contributed by atoms with van der Waals surface area (Å²) in [5.74, 6) is 2.10. The third kappa shape index (κ3) is 2.75. The minimum absolute atomic E-state index is 0.131. The molecule has 1 aromatic heterocycles. The van der Waals surface area contributed by atoms with Crippen LogP contribution in [0.2, 0.25) is 0 Å². The number of nitro groups is 1. The topological polar surface area (TPSA) is 116 Å². The smallest absolute Gasteiger partial charge is 0.349 e. The number of anilines is 1. The molecule has 0 saturated heterocycles. The first-order valence-corrected chi connectivity index (χ1v) is 5.12. The SMILES string of the molecule is NNc1ncc([N+](=O)[O-])c(Oc2ccc(F)c(F)c2)n1. The van der Waals surface area contributed by atoms with Crippen LogP contribution in [0.4, 0.5) is 20.4 Å². The molecule has 8 nitrogen and oxygen atoms in total. The summed E-state index contributed by atoms with van der Waals surface area (Å²) in [6.45, 7) is 0. The summed E-state index contributed by atoms with van der Waals surface area (Å²) in [7, 11) is 0. The van der Waals surface area contributed by atoms with Crippen LogP contribution in [-0.4, -0.2) is 14.9 Å². The zero-order chi connectivity index (χ0) is 14.7. The van der Waals surface area contributed by atoms with Gasteiger partial charge in [-0.05, 0) is 12.1 Å². The number of ether oxygens (including phenoxy) is 1. The van der Waals surface area contributed by atoms with Crippen molar-refractivity contribution in [3.8, 4) is 11.6 Å². The van der Waals surface area contributed by atoms with Gasteiger partial charge in [0.15, 0.2) is 11.6 Å². The van der Waals surface area contributed by atoms with Gasteiger partial charge < -0.3 is 4.74 Å². The molecule has 0 bridgehead atoms. The zero-order valence-electron chi connectivity index (χ0n) is 9.71. The van der Waals surface area contributed by atoms with Crippen molar-refractivity contribution in [1.29, 1.82) is 0 Å². The molecule has 2 aromatic rings. The van der Waals surface area contributed by atoms with Crippen molar-refractivity contribution in [3.63, 3.8) is 0 Å². The number of aromatic nitrogens is 2. The Hall–Kier alpha value is -2.88. The van der Waals surface area contributed by atoms with Crippen LogP contribution < -0.4 is 16.0 Å². The van der Waals surface area contributed by atoms with Crippen LogP contribution in [0.3, 0.4) is 0 Å². The van der Waals surface area contributed by atoms with Gasteiger partial charge in [0, 0.05) is 6.07 Å². The molecular weight excluding hydrogens is 276 g/mol. The van der Waals surface area contributed by atoms with E-state index in [0.29, 0.717) is 0 Å². The molecule has 0 unspecified atom stereocenters. The highest BCUT2D eigenvalue weighted by Gasteiger charge is 2.20. The van der Waals surface area contributed by atoms with Gasteiger partial charge in [-0.3, -0.25) is 15.5 Å². The Morgan fingerprint density at radius 2 is 2.10 bits per heavy atom. The van der Waals surface area contributed by atoms with E-state index in [4.69, 9.17) is 10.6 Å². The molecule has 0 aliphatic carbocycles. The van der Waals surface area contributed by atoms with Gasteiger partial charge in [0.05, 0.1) is 4.92 Å². The number of nitrogens with two attached hydrogens (primary N) is 1. The largest absolute Gasteiger partial charge is 0.433 e. The monoisotopic (exact) mass is 283 g/mol. The normalized spacial score (nSPS) is 10.2. The lowest BCUT2D eigenvalue weighted by Gasteiger charge is -2.06. The number of halogens is 2.